The maximum absolute atomic E-state index is 12.5. The number of nitrogens with zero attached hydrogens (tertiary/aromatic N) is 1. The van der Waals surface area contributed by atoms with Crippen LogP contribution in [-0.4, -0.2) is 17.9 Å². The number of carbonyl (C=O) groups is 1. The molecule has 21 heavy (non-hydrogen) atoms. The fraction of sp³-hybridized carbons (Fsp3) is 0.278. The topological polar surface area (TPSA) is 20.3 Å². The maximum Gasteiger partial charge on any atom is 0.254 e. The zero-order valence-electron chi connectivity index (χ0n) is 12.6. The Kier molecular flexibility index (Phi) is 5.18. The predicted molar refractivity (Wildman–Crippen MR) is 90.8 cm³/mol. The molecule has 0 saturated carbocycles. The van der Waals surface area contributed by atoms with E-state index in [-0.39, 0.29) is 11.9 Å². The van der Waals surface area contributed by atoms with Gasteiger partial charge < -0.3 is 4.90 Å². The molecule has 2 rings (SSSR count). The molecule has 1 amide bonds. The second-order valence-corrected chi connectivity index (χ2v) is 5.89. The summed E-state index contributed by atoms with van der Waals surface area (Å²) in [6.07, 6.45) is 0. The van der Waals surface area contributed by atoms with Gasteiger partial charge in [0.25, 0.3) is 5.91 Å². The first-order chi connectivity index (χ1) is 10.0. The van der Waals surface area contributed by atoms with Gasteiger partial charge in [0, 0.05) is 17.9 Å². The third-order valence-corrected chi connectivity index (χ3v) is 4.46. The van der Waals surface area contributed by atoms with Crippen molar-refractivity contribution in [2.24, 2.45) is 0 Å². The third-order valence-electron chi connectivity index (χ3n) is 3.82. The van der Waals surface area contributed by atoms with Crippen molar-refractivity contribution < 1.29 is 4.79 Å². The molecule has 2 nitrogen and oxygen atoms in total. The van der Waals surface area contributed by atoms with Gasteiger partial charge in [-0.15, -0.1) is 0 Å². The summed E-state index contributed by atoms with van der Waals surface area (Å²) in [7, 11) is 1.85. The van der Waals surface area contributed by atoms with Crippen LogP contribution in [0.25, 0.3) is 0 Å². The molecule has 0 heterocycles. The fourth-order valence-electron chi connectivity index (χ4n) is 2.18. The fourth-order valence-corrected chi connectivity index (χ4v) is 2.56. The summed E-state index contributed by atoms with van der Waals surface area (Å²) in [6.45, 7) is 4.12. The first-order valence-electron chi connectivity index (χ1n) is 7.01. The number of hydrogen-bond acceptors (Lipinski definition) is 1. The van der Waals surface area contributed by atoms with Crippen LogP contribution < -0.4 is 0 Å². The summed E-state index contributed by atoms with van der Waals surface area (Å²) in [5.41, 5.74) is 4.26. The van der Waals surface area contributed by atoms with E-state index < -0.39 is 0 Å². The lowest BCUT2D eigenvalue weighted by atomic mass is 10.0. The molecule has 0 aliphatic heterocycles. The second kappa shape index (κ2) is 6.90. The Hall–Kier alpha value is -1.61. The summed E-state index contributed by atoms with van der Waals surface area (Å²) < 4.78 is 0. The minimum Gasteiger partial charge on any atom is -0.335 e. The van der Waals surface area contributed by atoms with Gasteiger partial charge in [-0.05, 0) is 37.1 Å². The Labute approximate surface area is 134 Å². The van der Waals surface area contributed by atoms with Gasteiger partial charge in [-0.2, -0.15) is 0 Å². The number of rotatable bonds is 4. The van der Waals surface area contributed by atoms with E-state index in [0.717, 1.165) is 16.5 Å². The quantitative estimate of drug-likeness (QED) is 0.734. The predicted octanol–water partition coefficient (Wildman–Crippen LogP) is 4.72. The van der Waals surface area contributed by atoms with E-state index in [1.54, 1.807) is 4.90 Å². The molecule has 1 atom stereocenters. The maximum atomic E-state index is 12.5. The molecule has 3 heteroatoms. The molecule has 0 saturated heterocycles. The van der Waals surface area contributed by atoms with Crippen molar-refractivity contribution in [3.05, 3.63) is 70.8 Å². The molecule has 0 radical (unpaired) electrons. The van der Waals surface area contributed by atoms with E-state index >= 15 is 0 Å². The molecule has 0 N–H and O–H groups in total. The molecule has 1 unspecified atom stereocenters. The molecule has 0 aliphatic carbocycles. The number of alkyl halides is 1. The van der Waals surface area contributed by atoms with E-state index in [4.69, 9.17) is 0 Å². The van der Waals surface area contributed by atoms with E-state index in [9.17, 15) is 4.79 Å². The average Bonchev–Trinajstić information content (AvgIpc) is 2.53. The summed E-state index contributed by atoms with van der Waals surface area (Å²) in [5, 5.41) is 0.803. The summed E-state index contributed by atoms with van der Waals surface area (Å²) >= 11 is 3.41. The number of halogens is 1. The van der Waals surface area contributed by atoms with Gasteiger partial charge in [0.2, 0.25) is 0 Å². The standard InChI is InChI=1S/C18H20BrNO/c1-13-4-8-16(9-5-13)14(2)20(3)18(21)17-10-6-15(12-19)7-11-17/h4-11,14H,12H2,1-3H3. The molecule has 0 spiro atoms. The van der Waals surface area contributed by atoms with E-state index in [1.807, 2.05) is 31.3 Å². The SMILES string of the molecule is Cc1ccc(C(C)N(C)C(=O)c2ccc(CBr)cc2)cc1. The van der Waals surface area contributed by atoms with E-state index in [0.29, 0.717) is 0 Å². The first kappa shape index (κ1) is 15.8. The lowest BCUT2D eigenvalue weighted by Gasteiger charge is -2.25. The zero-order valence-corrected chi connectivity index (χ0v) is 14.2. The van der Waals surface area contributed by atoms with Gasteiger partial charge in [0.05, 0.1) is 6.04 Å². The number of carbonyl (C=O) groups excluding carboxylic acids is 1. The number of aryl methyl sites for hydroxylation is 1. The Morgan fingerprint density at radius 3 is 2.19 bits per heavy atom. The highest BCUT2D eigenvalue weighted by molar-refractivity contribution is 9.08. The van der Waals surface area contributed by atoms with Crippen LogP contribution in [0.1, 0.15) is 40.0 Å². The van der Waals surface area contributed by atoms with E-state index in [2.05, 4.69) is 54.0 Å². The van der Waals surface area contributed by atoms with Gasteiger partial charge in [-0.3, -0.25) is 4.79 Å². The molecule has 2 aromatic rings. The van der Waals surface area contributed by atoms with Crippen molar-refractivity contribution in [2.45, 2.75) is 25.2 Å². The van der Waals surface area contributed by atoms with Crippen LogP contribution in [0.4, 0.5) is 0 Å². The Balaban J connectivity index is 2.15. The molecule has 110 valence electrons. The van der Waals surface area contributed by atoms with Crippen LogP contribution in [0.5, 0.6) is 0 Å². The van der Waals surface area contributed by atoms with Crippen LogP contribution in [0, 0.1) is 6.92 Å². The Morgan fingerprint density at radius 2 is 1.67 bits per heavy atom. The van der Waals surface area contributed by atoms with Gasteiger partial charge in [-0.25, -0.2) is 0 Å². The highest BCUT2D eigenvalue weighted by atomic mass is 79.9. The van der Waals surface area contributed by atoms with Crippen molar-refractivity contribution in [1.82, 2.24) is 4.90 Å². The summed E-state index contributed by atoms with van der Waals surface area (Å²) in [4.78, 5) is 14.3. The van der Waals surface area contributed by atoms with Crippen LogP contribution in [0.15, 0.2) is 48.5 Å². The highest BCUT2D eigenvalue weighted by Gasteiger charge is 2.18. The minimum atomic E-state index is 0.0456. The van der Waals surface area contributed by atoms with Crippen LogP contribution in [0.3, 0.4) is 0 Å². The zero-order chi connectivity index (χ0) is 15.4. The Morgan fingerprint density at radius 1 is 1.10 bits per heavy atom. The highest BCUT2D eigenvalue weighted by Crippen LogP contribution is 2.21. The summed E-state index contributed by atoms with van der Waals surface area (Å²) in [5.74, 6) is 0.0456. The van der Waals surface area contributed by atoms with Gasteiger partial charge >= 0.3 is 0 Å². The molecule has 2 aromatic carbocycles. The van der Waals surface area contributed by atoms with Crippen LogP contribution >= 0.6 is 15.9 Å². The van der Waals surface area contributed by atoms with Crippen LogP contribution in [0.2, 0.25) is 0 Å². The third kappa shape index (κ3) is 3.73. The number of benzene rings is 2. The molecular weight excluding hydrogens is 326 g/mol. The molecule has 0 aromatic heterocycles. The smallest absolute Gasteiger partial charge is 0.254 e. The minimum absolute atomic E-state index is 0.0456. The van der Waals surface area contributed by atoms with E-state index in [1.165, 1.54) is 11.1 Å². The van der Waals surface area contributed by atoms with Gasteiger partial charge in [0.15, 0.2) is 0 Å². The van der Waals surface area contributed by atoms with Crippen molar-refractivity contribution in [2.75, 3.05) is 7.05 Å². The van der Waals surface area contributed by atoms with Crippen molar-refractivity contribution in [3.8, 4) is 0 Å². The van der Waals surface area contributed by atoms with Crippen LogP contribution in [-0.2, 0) is 5.33 Å². The first-order valence-corrected chi connectivity index (χ1v) is 8.13. The average molecular weight is 346 g/mol. The lowest BCUT2D eigenvalue weighted by Crippen LogP contribution is -2.29. The number of amides is 1. The normalized spacial score (nSPS) is 12.0. The molecule has 0 fully saturated rings. The van der Waals surface area contributed by atoms with Gasteiger partial charge in [-0.1, -0.05) is 57.9 Å². The van der Waals surface area contributed by atoms with Crippen molar-refractivity contribution in [1.29, 1.82) is 0 Å². The molecule has 0 bridgehead atoms. The monoisotopic (exact) mass is 345 g/mol. The van der Waals surface area contributed by atoms with Crippen molar-refractivity contribution in [3.63, 3.8) is 0 Å². The van der Waals surface area contributed by atoms with Gasteiger partial charge in [0.1, 0.15) is 0 Å². The summed E-state index contributed by atoms with van der Waals surface area (Å²) in [6, 6.07) is 16.1. The lowest BCUT2D eigenvalue weighted by molar-refractivity contribution is 0.0742. The largest absolute Gasteiger partial charge is 0.335 e. The van der Waals surface area contributed by atoms with Crippen molar-refractivity contribution >= 4 is 21.8 Å². The molecular formula is C18H20BrNO. The second-order valence-electron chi connectivity index (χ2n) is 5.33. The number of hydrogen-bond donors (Lipinski definition) is 0. The molecule has 0 aliphatic rings. The Bertz CT molecular complexity index is 604.